The predicted octanol–water partition coefficient (Wildman–Crippen LogP) is 3.51. The molecule has 1 N–H and O–H groups in total. The fraction of sp³-hybridized carbons (Fsp3) is 0.458. The summed E-state index contributed by atoms with van der Waals surface area (Å²) in [6.45, 7) is 4.80. The van der Waals surface area contributed by atoms with Crippen LogP contribution in [0.2, 0.25) is 0 Å². The lowest BCUT2D eigenvalue weighted by Crippen LogP contribution is -2.23. The van der Waals surface area contributed by atoms with Crippen molar-refractivity contribution in [3.8, 4) is 17.2 Å². The van der Waals surface area contributed by atoms with Gasteiger partial charge in [0, 0.05) is 19.6 Å². The van der Waals surface area contributed by atoms with E-state index in [1.54, 1.807) is 21.3 Å². The van der Waals surface area contributed by atoms with Gasteiger partial charge in [0.1, 0.15) is 0 Å². The first kappa shape index (κ1) is 24.5. The third kappa shape index (κ3) is 7.77. The molecule has 0 atom stereocenters. The van der Waals surface area contributed by atoms with E-state index in [0.717, 1.165) is 16.7 Å². The van der Waals surface area contributed by atoms with E-state index in [2.05, 4.69) is 5.32 Å². The largest absolute Gasteiger partial charge is 0.493 e. The number of hydrogen-bond acceptors (Lipinski definition) is 6. The Balaban J connectivity index is 1.84. The zero-order chi connectivity index (χ0) is 22.5. The Bertz CT molecular complexity index is 824. The third-order valence-electron chi connectivity index (χ3n) is 4.73. The molecule has 0 spiro atoms. The number of amides is 1. The van der Waals surface area contributed by atoms with E-state index in [4.69, 9.17) is 23.7 Å². The summed E-state index contributed by atoms with van der Waals surface area (Å²) in [6.07, 6.45) is 0.870. The zero-order valence-corrected chi connectivity index (χ0v) is 18.9. The minimum Gasteiger partial charge on any atom is -0.493 e. The normalized spacial score (nSPS) is 10.6. The number of carbonyl (C=O) groups is 1. The highest BCUT2D eigenvalue weighted by atomic mass is 16.5. The predicted molar refractivity (Wildman–Crippen MR) is 119 cm³/mol. The maximum atomic E-state index is 12.4. The summed E-state index contributed by atoms with van der Waals surface area (Å²) < 4.78 is 27.0. The van der Waals surface area contributed by atoms with E-state index >= 15 is 0 Å². The number of ether oxygens (including phenoxy) is 5. The Morgan fingerprint density at radius 2 is 1.65 bits per heavy atom. The fourth-order valence-corrected chi connectivity index (χ4v) is 3.18. The van der Waals surface area contributed by atoms with Gasteiger partial charge in [-0.05, 0) is 36.1 Å². The van der Waals surface area contributed by atoms with Gasteiger partial charge in [0.05, 0.1) is 41.2 Å². The minimum atomic E-state index is -0.0322. The van der Waals surface area contributed by atoms with Crippen molar-refractivity contribution in [2.75, 3.05) is 41.2 Å². The van der Waals surface area contributed by atoms with Gasteiger partial charge < -0.3 is 29.0 Å². The monoisotopic (exact) mass is 431 g/mol. The smallest absolute Gasteiger partial charge is 0.220 e. The maximum absolute atomic E-state index is 12.4. The number of methoxy groups -OCH3 is 3. The van der Waals surface area contributed by atoms with E-state index in [1.807, 2.05) is 43.3 Å². The molecule has 0 bridgehead atoms. The van der Waals surface area contributed by atoms with Crippen LogP contribution >= 0.6 is 0 Å². The molecule has 2 aromatic carbocycles. The first-order valence-electron chi connectivity index (χ1n) is 10.4. The van der Waals surface area contributed by atoms with Crippen molar-refractivity contribution >= 4 is 5.91 Å². The summed E-state index contributed by atoms with van der Waals surface area (Å²) in [5, 5.41) is 2.97. The Kier molecular flexibility index (Phi) is 10.7. The van der Waals surface area contributed by atoms with Crippen LogP contribution in [0, 0.1) is 0 Å². The summed E-state index contributed by atoms with van der Waals surface area (Å²) in [5.74, 6) is 1.68. The molecule has 0 aliphatic carbocycles. The Hall–Kier alpha value is -2.77. The van der Waals surface area contributed by atoms with Crippen LogP contribution in [0.5, 0.6) is 17.2 Å². The summed E-state index contributed by atoms with van der Waals surface area (Å²) in [6, 6.07) is 11.7. The molecule has 0 unspecified atom stereocenters. The van der Waals surface area contributed by atoms with E-state index in [0.29, 0.717) is 63.1 Å². The van der Waals surface area contributed by atoms with Crippen molar-refractivity contribution in [2.24, 2.45) is 0 Å². The molecule has 0 aliphatic rings. The van der Waals surface area contributed by atoms with Gasteiger partial charge in [-0.3, -0.25) is 4.79 Å². The van der Waals surface area contributed by atoms with Gasteiger partial charge in [0.25, 0.3) is 0 Å². The van der Waals surface area contributed by atoms with Crippen LogP contribution in [0.25, 0.3) is 0 Å². The average molecular weight is 432 g/mol. The average Bonchev–Trinajstić information content (AvgIpc) is 2.80. The summed E-state index contributed by atoms with van der Waals surface area (Å²) in [7, 11) is 4.72. The second-order valence-corrected chi connectivity index (χ2v) is 6.84. The van der Waals surface area contributed by atoms with Gasteiger partial charge in [-0.15, -0.1) is 0 Å². The molecule has 0 aromatic heterocycles. The minimum absolute atomic E-state index is 0.0322. The number of hydrogen-bond donors (Lipinski definition) is 1. The Morgan fingerprint density at radius 1 is 0.903 bits per heavy atom. The molecule has 0 saturated carbocycles. The highest BCUT2D eigenvalue weighted by Crippen LogP contribution is 2.40. The number of rotatable bonds is 14. The maximum Gasteiger partial charge on any atom is 0.220 e. The quantitative estimate of drug-likeness (QED) is 0.462. The first-order valence-corrected chi connectivity index (χ1v) is 10.4. The second kappa shape index (κ2) is 13.5. The molecule has 0 heterocycles. The fourth-order valence-electron chi connectivity index (χ4n) is 3.18. The van der Waals surface area contributed by atoms with Crippen molar-refractivity contribution in [1.82, 2.24) is 5.32 Å². The lowest BCUT2D eigenvalue weighted by molar-refractivity contribution is -0.121. The molecule has 7 nitrogen and oxygen atoms in total. The highest BCUT2D eigenvalue weighted by molar-refractivity contribution is 5.76. The van der Waals surface area contributed by atoms with Crippen molar-refractivity contribution in [1.29, 1.82) is 0 Å². The molecule has 7 heteroatoms. The summed E-state index contributed by atoms with van der Waals surface area (Å²) >= 11 is 0. The zero-order valence-electron chi connectivity index (χ0n) is 18.9. The lowest BCUT2D eigenvalue weighted by Gasteiger charge is -2.15. The van der Waals surface area contributed by atoms with Gasteiger partial charge in [-0.25, -0.2) is 0 Å². The van der Waals surface area contributed by atoms with E-state index in [-0.39, 0.29) is 5.91 Å². The van der Waals surface area contributed by atoms with Crippen LogP contribution in [0.4, 0.5) is 0 Å². The summed E-state index contributed by atoms with van der Waals surface area (Å²) in [4.78, 5) is 12.4. The molecule has 170 valence electrons. The third-order valence-corrected chi connectivity index (χ3v) is 4.73. The second-order valence-electron chi connectivity index (χ2n) is 6.84. The topological polar surface area (TPSA) is 75.3 Å². The van der Waals surface area contributed by atoms with Gasteiger partial charge in [0.15, 0.2) is 11.5 Å². The molecule has 2 aromatic rings. The molecular formula is C24H33NO6. The summed E-state index contributed by atoms with van der Waals surface area (Å²) in [5.41, 5.74) is 2.99. The highest BCUT2D eigenvalue weighted by Gasteiger charge is 2.16. The molecular weight excluding hydrogens is 398 g/mol. The Morgan fingerprint density at radius 3 is 2.35 bits per heavy atom. The van der Waals surface area contributed by atoms with Gasteiger partial charge in [0.2, 0.25) is 11.7 Å². The van der Waals surface area contributed by atoms with Crippen molar-refractivity contribution < 1.29 is 28.5 Å². The number of aryl methyl sites for hydroxylation is 1. The van der Waals surface area contributed by atoms with E-state index < -0.39 is 0 Å². The van der Waals surface area contributed by atoms with Crippen LogP contribution in [0.15, 0.2) is 36.4 Å². The van der Waals surface area contributed by atoms with Crippen LogP contribution in [-0.2, 0) is 33.8 Å². The van der Waals surface area contributed by atoms with Crippen LogP contribution in [-0.4, -0.2) is 47.1 Å². The van der Waals surface area contributed by atoms with Crippen molar-refractivity contribution in [2.45, 2.75) is 32.9 Å². The number of benzene rings is 2. The molecule has 0 fully saturated rings. The first-order chi connectivity index (χ1) is 15.1. The molecule has 31 heavy (non-hydrogen) atoms. The molecule has 2 rings (SSSR count). The van der Waals surface area contributed by atoms with Crippen molar-refractivity contribution in [3.05, 3.63) is 53.1 Å². The molecule has 0 radical (unpaired) electrons. The van der Waals surface area contributed by atoms with Crippen LogP contribution in [0.1, 0.15) is 30.0 Å². The number of carbonyl (C=O) groups excluding carboxylic acids is 1. The number of nitrogens with one attached hydrogen (secondary N) is 1. The van der Waals surface area contributed by atoms with Crippen LogP contribution < -0.4 is 19.5 Å². The Labute approximate surface area is 184 Å². The SMILES string of the molecule is CCOCCOCc1cccc(CNC(=O)CCc2ccc(OC)c(OC)c2OC)c1. The molecule has 0 aliphatic heterocycles. The lowest BCUT2D eigenvalue weighted by atomic mass is 10.1. The van der Waals surface area contributed by atoms with Gasteiger partial charge in [-0.1, -0.05) is 30.3 Å². The van der Waals surface area contributed by atoms with E-state index in [9.17, 15) is 4.79 Å². The van der Waals surface area contributed by atoms with Gasteiger partial charge >= 0.3 is 0 Å². The van der Waals surface area contributed by atoms with Crippen molar-refractivity contribution in [3.63, 3.8) is 0 Å². The van der Waals surface area contributed by atoms with Gasteiger partial charge in [-0.2, -0.15) is 0 Å². The van der Waals surface area contributed by atoms with E-state index in [1.165, 1.54) is 0 Å². The molecule has 0 saturated heterocycles. The standard InChI is InChI=1S/C24H33NO6/c1-5-30-13-14-31-17-19-8-6-7-18(15-19)16-25-22(26)12-10-20-9-11-21(27-2)24(29-4)23(20)28-3/h6-9,11,15H,5,10,12-14,16-17H2,1-4H3,(H,25,26). The van der Waals surface area contributed by atoms with Crippen LogP contribution in [0.3, 0.4) is 0 Å². The molecule has 1 amide bonds.